The smallest absolute Gasteiger partial charge is 0.273 e. The average molecular weight is 446 g/mol. The van der Waals surface area contributed by atoms with E-state index in [9.17, 15) is 9.59 Å². The van der Waals surface area contributed by atoms with Crippen molar-refractivity contribution >= 4 is 11.8 Å². The van der Waals surface area contributed by atoms with Crippen LogP contribution in [0.1, 0.15) is 65.0 Å². The lowest BCUT2D eigenvalue weighted by atomic mass is 9.88. The van der Waals surface area contributed by atoms with Gasteiger partial charge in [0, 0.05) is 25.1 Å². The monoisotopic (exact) mass is 445 g/mol. The van der Waals surface area contributed by atoms with E-state index in [0.717, 1.165) is 36.8 Å². The molecule has 0 unspecified atom stereocenters. The lowest BCUT2D eigenvalue weighted by Crippen LogP contribution is -2.36. The summed E-state index contributed by atoms with van der Waals surface area (Å²) in [7, 11) is 0. The number of hydrogen-bond donors (Lipinski definition) is 1. The van der Waals surface area contributed by atoms with Crippen molar-refractivity contribution in [2.24, 2.45) is 5.92 Å². The lowest BCUT2D eigenvalue weighted by Gasteiger charge is -2.28. The summed E-state index contributed by atoms with van der Waals surface area (Å²) in [6, 6.07) is 19.6. The SMILES string of the molecule is Cc1ccc(CNC(=O)c2cc(CN(Cc3ccccc3)C(=O)C3CCCCC3)on2)cc1. The van der Waals surface area contributed by atoms with Crippen molar-refractivity contribution in [1.82, 2.24) is 15.4 Å². The summed E-state index contributed by atoms with van der Waals surface area (Å²) >= 11 is 0. The van der Waals surface area contributed by atoms with Crippen LogP contribution in [0.2, 0.25) is 0 Å². The first kappa shape index (κ1) is 22.8. The van der Waals surface area contributed by atoms with E-state index in [-0.39, 0.29) is 23.4 Å². The molecule has 0 spiro atoms. The summed E-state index contributed by atoms with van der Waals surface area (Å²) in [6.07, 6.45) is 5.28. The Kier molecular flexibility index (Phi) is 7.55. The number of benzene rings is 2. The van der Waals surface area contributed by atoms with Crippen LogP contribution in [0.3, 0.4) is 0 Å². The molecule has 4 rings (SSSR count). The van der Waals surface area contributed by atoms with Crippen molar-refractivity contribution in [3.63, 3.8) is 0 Å². The zero-order valence-corrected chi connectivity index (χ0v) is 19.1. The molecular formula is C27H31N3O3. The minimum absolute atomic E-state index is 0.0580. The molecule has 0 aliphatic heterocycles. The summed E-state index contributed by atoms with van der Waals surface area (Å²) in [5, 5.41) is 6.82. The van der Waals surface area contributed by atoms with E-state index in [1.165, 1.54) is 12.0 Å². The fourth-order valence-corrected chi connectivity index (χ4v) is 4.28. The van der Waals surface area contributed by atoms with Gasteiger partial charge in [0.05, 0.1) is 6.54 Å². The molecule has 1 saturated carbocycles. The third-order valence-electron chi connectivity index (χ3n) is 6.19. The minimum atomic E-state index is -0.293. The van der Waals surface area contributed by atoms with Gasteiger partial charge in [-0.1, -0.05) is 84.6 Å². The van der Waals surface area contributed by atoms with Gasteiger partial charge in [-0.3, -0.25) is 9.59 Å². The number of aryl methyl sites for hydroxylation is 1. The van der Waals surface area contributed by atoms with Crippen molar-refractivity contribution in [2.75, 3.05) is 0 Å². The maximum Gasteiger partial charge on any atom is 0.273 e. The average Bonchev–Trinajstić information content (AvgIpc) is 3.32. The molecule has 1 heterocycles. The highest BCUT2D eigenvalue weighted by Crippen LogP contribution is 2.27. The van der Waals surface area contributed by atoms with Gasteiger partial charge in [0.25, 0.3) is 5.91 Å². The summed E-state index contributed by atoms with van der Waals surface area (Å²) < 4.78 is 5.45. The quantitative estimate of drug-likeness (QED) is 0.528. The Morgan fingerprint density at radius 3 is 2.42 bits per heavy atom. The third kappa shape index (κ3) is 6.31. The molecule has 0 atom stereocenters. The van der Waals surface area contributed by atoms with E-state index >= 15 is 0 Å². The van der Waals surface area contributed by atoms with Crippen molar-refractivity contribution in [3.05, 3.63) is 88.8 Å². The van der Waals surface area contributed by atoms with Gasteiger partial charge in [0.2, 0.25) is 5.91 Å². The molecule has 1 aromatic heterocycles. The van der Waals surface area contributed by atoms with E-state index in [0.29, 0.717) is 25.4 Å². The molecule has 0 saturated heterocycles. The zero-order valence-electron chi connectivity index (χ0n) is 19.1. The molecule has 2 amide bonds. The molecule has 33 heavy (non-hydrogen) atoms. The van der Waals surface area contributed by atoms with Crippen LogP contribution < -0.4 is 5.32 Å². The van der Waals surface area contributed by atoms with Gasteiger partial charge in [0.1, 0.15) is 0 Å². The van der Waals surface area contributed by atoms with Crippen LogP contribution in [0.15, 0.2) is 65.2 Å². The summed E-state index contributed by atoms with van der Waals surface area (Å²) in [4.78, 5) is 27.7. The molecule has 172 valence electrons. The van der Waals surface area contributed by atoms with E-state index in [2.05, 4.69) is 10.5 Å². The Bertz CT molecular complexity index is 1050. The number of nitrogens with one attached hydrogen (secondary N) is 1. The first-order chi connectivity index (χ1) is 16.1. The maximum absolute atomic E-state index is 13.3. The Morgan fingerprint density at radius 2 is 1.70 bits per heavy atom. The summed E-state index contributed by atoms with van der Waals surface area (Å²) in [5.41, 5.74) is 3.48. The van der Waals surface area contributed by atoms with E-state index in [1.807, 2.05) is 66.4 Å². The topological polar surface area (TPSA) is 75.4 Å². The van der Waals surface area contributed by atoms with Crippen LogP contribution in [0, 0.1) is 12.8 Å². The molecule has 0 bridgehead atoms. The van der Waals surface area contributed by atoms with Gasteiger partial charge in [0.15, 0.2) is 11.5 Å². The van der Waals surface area contributed by atoms with Crippen molar-refractivity contribution in [1.29, 1.82) is 0 Å². The van der Waals surface area contributed by atoms with Crippen LogP contribution >= 0.6 is 0 Å². The predicted molar refractivity (Wildman–Crippen MR) is 126 cm³/mol. The Hall–Kier alpha value is -3.41. The highest BCUT2D eigenvalue weighted by atomic mass is 16.5. The lowest BCUT2D eigenvalue weighted by molar-refractivity contribution is -0.138. The molecule has 1 fully saturated rings. The number of carbonyl (C=O) groups excluding carboxylic acids is 2. The molecule has 1 aliphatic carbocycles. The predicted octanol–water partition coefficient (Wildman–Crippen LogP) is 5.02. The molecule has 0 radical (unpaired) electrons. The highest BCUT2D eigenvalue weighted by Gasteiger charge is 2.27. The number of carbonyl (C=O) groups is 2. The molecule has 1 aliphatic rings. The van der Waals surface area contributed by atoms with Crippen LogP contribution in [0.25, 0.3) is 0 Å². The van der Waals surface area contributed by atoms with Crippen molar-refractivity contribution < 1.29 is 14.1 Å². The van der Waals surface area contributed by atoms with Crippen LogP contribution in [0.5, 0.6) is 0 Å². The maximum atomic E-state index is 13.3. The minimum Gasteiger partial charge on any atom is -0.359 e. The van der Waals surface area contributed by atoms with Crippen LogP contribution in [-0.2, 0) is 24.4 Å². The van der Waals surface area contributed by atoms with Crippen molar-refractivity contribution in [2.45, 2.75) is 58.7 Å². The first-order valence-electron chi connectivity index (χ1n) is 11.7. The molecule has 6 heteroatoms. The van der Waals surface area contributed by atoms with E-state index in [4.69, 9.17) is 4.52 Å². The number of hydrogen-bond acceptors (Lipinski definition) is 4. The van der Waals surface area contributed by atoms with Crippen molar-refractivity contribution in [3.8, 4) is 0 Å². The Morgan fingerprint density at radius 1 is 0.970 bits per heavy atom. The highest BCUT2D eigenvalue weighted by molar-refractivity contribution is 5.92. The fraction of sp³-hybridized carbons (Fsp3) is 0.370. The Labute approximate surface area is 195 Å². The molecule has 2 aromatic carbocycles. The first-order valence-corrected chi connectivity index (χ1v) is 11.7. The standard InChI is InChI=1S/C27H31N3O3/c1-20-12-14-21(15-13-20)17-28-26(31)25-16-24(33-29-25)19-30(18-22-8-4-2-5-9-22)27(32)23-10-6-3-7-11-23/h2,4-5,8-9,12-16,23H,3,6-7,10-11,17-19H2,1H3,(H,28,31). The Balaban J connectivity index is 1.41. The second kappa shape index (κ2) is 10.9. The van der Waals surface area contributed by atoms with E-state index < -0.39 is 0 Å². The summed E-state index contributed by atoms with van der Waals surface area (Å²) in [6.45, 7) is 3.25. The van der Waals surface area contributed by atoms with Gasteiger partial charge in [-0.25, -0.2) is 0 Å². The van der Waals surface area contributed by atoms with Gasteiger partial charge in [-0.15, -0.1) is 0 Å². The second-order valence-electron chi connectivity index (χ2n) is 8.86. The third-order valence-corrected chi connectivity index (χ3v) is 6.19. The molecule has 1 N–H and O–H groups in total. The van der Waals surface area contributed by atoms with Gasteiger partial charge >= 0.3 is 0 Å². The number of aromatic nitrogens is 1. The largest absolute Gasteiger partial charge is 0.359 e. The number of nitrogens with zero attached hydrogens (tertiary/aromatic N) is 2. The van der Waals surface area contributed by atoms with Crippen LogP contribution in [0.4, 0.5) is 0 Å². The van der Waals surface area contributed by atoms with E-state index in [1.54, 1.807) is 6.07 Å². The van der Waals surface area contributed by atoms with Gasteiger partial charge in [-0.05, 0) is 30.9 Å². The molecule has 6 nitrogen and oxygen atoms in total. The van der Waals surface area contributed by atoms with Gasteiger partial charge in [-0.2, -0.15) is 0 Å². The molecular weight excluding hydrogens is 414 g/mol. The number of amides is 2. The zero-order chi connectivity index (χ0) is 23.0. The van der Waals surface area contributed by atoms with Crippen LogP contribution in [-0.4, -0.2) is 21.9 Å². The fourth-order valence-electron chi connectivity index (χ4n) is 4.28. The van der Waals surface area contributed by atoms with Gasteiger partial charge < -0.3 is 14.7 Å². The second-order valence-corrected chi connectivity index (χ2v) is 8.86. The normalized spacial score (nSPS) is 14.1. The molecule has 3 aromatic rings. The summed E-state index contributed by atoms with van der Waals surface area (Å²) in [5.74, 6) is 0.428. The number of rotatable bonds is 8.